The second kappa shape index (κ2) is 11.3. The van der Waals surface area contributed by atoms with Gasteiger partial charge in [-0.15, -0.1) is 0 Å². The molecule has 33 heavy (non-hydrogen) atoms. The van der Waals surface area contributed by atoms with Crippen molar-refractivity contribution in [1.82, 2.24) is 9.47 Å². The number of benzene rings is 1. The number of piperidine rings is 1. The number of ether oxygens (including phenoxy) is 1. The van der Waals surface area contributed by atoms with Gasteiger partial charge in [-0.1, -0.05) is 37.6 Å². The van der Waals surface area contributed by atoms with E-state index in [2.05, 4.69) is 36.1 Å². The number of fused-ring (bicyclic) bond motifs is 1. The van der Waals surface area contributed by atoms with Crippen molar-refractivity contribution in [2.45, 2.75) is 57.5 Å². The molecule has 1 aliphatic carbocycles. The zero-order valence-corrected chi connectivity index (χ0v) is 20.6. The summed E-state index contributed by atoms with van der Waals surface area (Å²) in [7, 11) is 0. The molecule has 2 N–H and O–H groups in total. The Morgan fingerprint density at radius 1 is 1.06 bits per heavy atom. The minimum atomic E-state index is 0.0145. The summed E-state index contributed by atoms with van der Waals surface area (Å²) in [6, 6.07) is 12.3. The van der Waals surface area contributed by atoms with Gasteiger partial charge in [0.1, 0.15) is 17.3 Å². The minimum absolute atomic E-state index is 0.0145. The van der Waals surface area contributed by atoms with Crippen molar-refractivity contribution >= 4 is 18.0 Å². The summed E-state index contributed by atoms with van der Waals surface area (Å²) in [5.41, 5.74) is 3.00. The summed E-state index contributed by atoms with van der Waals surface area (Å²) in [6.45, 7) is 4.65. The molecule has 2 aliphatic rings. The van der Waals surface area contributed by atoms with Crippen LogP contribution in [-0.2, 0) is 4.18 Å². The zero-order valence-electron chi connectivity index (χ0n) is 19.8. The zero-order chi connectivity index (χ0) is 23.2. The summed E-state index contributed by atoms with van der Waals surface area (Å²) in [5.74, 6) is 2.22. The van der Waals surface area contributed by atoms with Crippen LogP contribution in [0.5, 0.6) is 5.75 Å². The first-order chi connectivity index (χ1) is 16.1. The highest BCUT2D eigenvalue weighted by atomic mass is 32.2. The Morgan fingerprint density at radius 2 is 1.82 bits per heavy atom. The van der Waals surface area contributed by atoms with E-state index in [1.54, 1.807) is 10.6 Å². The first-order valence-electron chi connectivity index (χ1n) is 12.1. The molecular weight excluding hydrogens is 432 g/mol. The van der Waals surface area contributed by atoms with Gasteiger partial charge in [-0.25, -0.2) is 0 Å². The van der Waals surface area contributed by atoms with Crippen LogP contribution < -0.4 is 10.2 Å². The molecule has 1 aliphatic heterocycles. The number of nitrogens with zero attached hydrogens (tertiary/aromatic N) is 2. The van der Waals surface area contributed by atoms with Gasteiger partial charge < -0.3 is 13.8 Å². The average Bonchev–Trinajstić information content (AvgIpc) is 2.85. The molecule has 7 heteroatoms. The van der Waals surface area contributed by atoms with E-state index in [1.807, 2.05) is 18.5 Å². The van der Waals surface area contributed by atoms with Crippen molar-refractivity contribution in [3.8, 4) is 5.75 Å². The summed E-state index contributed by atoms with van der Waals surface area (Å²) in [4.78, 5) is 2.06. The molecule has 0 saturated carbocycles. The smallest absolute Gasteiger partial charge is 0.203 e. The molecule has 2 atom stereocenters. The molecule has 1 fully saturated rings. The standard InChI is InChI=1S/C26H36N4O2S/c1-3-6-20-9-11-24(23-8-5-4-7-22(20)23)32-21-10-12-25(27)30(17-21)26(28)29-15-13-19(14-16-29)18-31-33-2/h4-5,7-8,10,12,17,19-20,24,27-28H,3,6,9,11,13-16,18H2,1-2H3/t20-,24+/m0/s1. The molecule has 0 spiro atoms. The van der Waals surface area contributed by atoms with Crippen LogP contribution in [0, 0.1) is 16.7 Å². The number of nitrogens with one attached hydrogen (secondary N) is 2. The lowest BCUT2D eigenvalue weighted by Crippen LogP contribution is -2.44. The van der Waals surface area contributed by atoms with Gasteiger partial charge in [0.25, 0.3) is 0 Å². The molecule has 2 heterocycles. The third kappa shape index (κ3) is 5.64. The van der Waals surface area contributed by atoms with Crippen LogP contribution in [0.15, 0.2) is 42.6 Å². The first-order valence-corrected chi connectivity index (χ1v) is 13.3. The maximum absolute atomic E-state index is 8.75. The number of hydrogen-bond acceptors (Lipinski definition) is 5. The van der Waals surface area contributed by atoms with Crippen LogP contribution >= 0.6 is 12.0 Å². The Hall–Kier alpha value is -2.25. The molecule has 1 aromatic heterocycles. The fourth-order valence-corrected chi connectivity index (χ4v) is 5.46. The van der Waals surface area contributed by atoms with Gasteiger partial charge in [0.05, 0.1) is 12.8 Å². The van der Waals surface area contributed by atoms with E-state index < -0.39 is 0 Å². The number of likely N-dealkylation sites (tertiary alicyclic amines) is 1. The number of aromatic nitrogens is 1. The van der Waals surface area contributed by atoms with E-state index in [-0.39, 0.29) is 6.10 Å². The maximum atomic E-state index is 8.75. The number of pyridine rings is 1. The van der Waals surface area contributed by atoms with Gasteiger partial charge in [0.2, 0.25) is 5.96 Å². The highest BCUT2D eigenvalue weighted by molar-refractivity contribution is 7.93. The molecule has 4 rings (SSSR count). The van der Waals surface area contributed by atoms with E-state index in [1.165, 1.54) is 36.0 Å². The Kier molecular flexibility index (Phi) is 8.15. The molecule has 0 amide bonds. The number of hydrogen-bond donors (Lipinski definition) is 2. The van der Waals surface area contributed by atoms with E-state index in [0.717, 1.165) is 45.4 Å². The van der Waals surface area contributed by atoms with Crippen LogP contribution in [0.1, 0.15) is 68.6 Å². The van der Waals surface area contributed by atoms with Gasteiger partial charge in [0.15, 0.2) is 0 Å². The maximum Gasteiger partial charge on any atom is 0.203 e. The molecule has 0 unspecified atom stereocenters. The normalized spacial score (nSPS) is 21.0. The van der Waals surface area contributed by atoms with Crippen molar-refractivity contribution in [1.29, 1.82) is 10.8 Å². The topological polar surface area (TPSA) is 74.3 Å². The van der Waals surface area contributed by atoms with Gasteiger partial charge >= 0.3 is 0 Å². The molecule has 6 nitrogen and oxygen atoms in total. The Morgan fingerprint density at radius 3 is 2.55 bits per heavy atom. The predicted octanol–water partition coefficient (Wildman–Crippen LogP) is 5.55. The van der Waals surface area contributed by atoms with E-state index in [4.69, 9.17) is 19.7 Å². The lowest BCUT2D eigenvalue weighted by atomic mass is 9.79. The van der Waals surface area contributed by atoms with Crippen molar-refractivity contribution in [2.24, 2.45) is 5.92 Å². The van der Waals surface area contributed by atoms with Crippen LogP contribution in [0.2, 0.25) is 0 Å². The third-order valence-electron chi connectivity index (χ3n) is 6.96. The molecular formula is C26H36N4O2S. The molecule has 2 aromatic rings. The lowest BCUT2D eigenvalue weighted by molar-refractivity contribution is 0.173. The lowest BCUT2D eigenvalue weighted by Gasteiger charge is -2.34. The molecule has 1 aromatic carbocycles. The van der Waals surface area contributed by atoms with Gasteiger partial charge in [-0.3, -0.25) is 15.4 Å². The van der Waals surface area contributed by atoms with Crippen molar-refractivity contribution in [3.63, 3.8) is 0 Å². The Labute approximate surface area is 201 Å². The van der Waals surface area contributed by atoms with Crippen molar-refractivity contribution in [2.75, 3.05) is 26.0 Å². The van der Waals surface area contributed by atoms with Crippen LogP contribution in [-0.4, -0.2) is 41.4 Å². The van der Waals surface area contributed by atoms with Crippen LogP contribution in [0.3, 0.4) is 0 Å². The highest BCUT2D eigenvalue weighted by Gasteiger charge is 2.28. The molecule has 0 radical (unpaired) electrons. The molecule has 178 valence electrons. The largest absolute Gasteiger partial charge is 0.484 e. The van der Waals surface area contributed by atoms with E-state index in [0.29, 0.717) is 29.0 Å². The summed E-state index contributed by atoms with van der Waals surface area (Å²) < 4.78 is 13.6. The van der Waals surface area contributed by atoms with Crippen LogP contribution in [0.25, 0.3) is 0 Å². The Balaban J connectivity index is 1.46. The SMILES string of the molecule is CCC[C@H]1CC[C@@H](Oc2ccc(=N)n(C(=N)N3CCC(COSC)CC3)c2)c2ccccc21. The monoisotopic (exact) mass is 468 g/mol. The third-order valence-corrected chi connectivity index (χ3v) is 7.33. The van der Waals surface area contributed by atoms with Gasteiger partial charge in [-0.2, -0.15) is 0 Å². The fourth-order valence-electron chi connectivity index (χ4n) is 5.13. The van der Waals surface area contributed by atoms with Crippen LogP contribution in [0.4, 0.5) is 0 Å². The minimum Gasteiger partial charge on any atom is -0.484 e. The second-order valence-corrected chi connectivity index (χ2v) is 9.69. The van der Waals surface area contributed by atoms with Crippen molar-refractivity contribution in [3.05, 3.63) is 59.2 Å². The molecule has 1 saturated heterocycles. The summed E-state index contributed by atoms with van der Waals surface area (Å²) >= 11 is 1.42. The first kappa shape index (κ1) is 23.9. The highest BCUT2D eigenvalue weighted by Crippen LogP contribution is 2.41. The van der Waals surface area contributed by atoms with E-state index in [9.17, 15) is 0 Å². The number of rotatable bonds is 7. The van der Waals surface area contributed by atoms with Crippen molar-refractivity contribution < 1.29 is 8.92 Å². The Bertz CT molecular complexity index is 1000. The summed E-state index contributed by atoms with van der Waals surface area (Å²) in [6.07, 6.45) is 10.3. The molecule has 0 bridgehead atoms. The summed E-state index contributed by atoms with van der Waals surface area (Å²) in [5, 5.41) is 17.1. The average molecular weight is 469 g/mol. The van der Waals surface area contributed by atoms with Gasteiger partial charge in [-0.05, 0) is 79.2 Å². The quantitative estimate of drug-likeness (QED) is 0.317. The second-order valence-electron chi connectivity index (χ2n) is 9.12. The fraction of sp³-hybridized carbons (Fsp3) is 0.538. The van der Waals surface area contributed by atoms with E-state index >= 15 is 0 Å². The van der Waals surface area contributed by atoms with Gasteiger partial charge in [0, 0.05) is 19.3 Å². The predicted molar refractivity (Wildman–Crippen MR) is 134 cm³/mol.